The normalized spacial score (nSPS) is 22.5. The topological polar surface area (TPSA) is 69.6 Å². The van der Waals surface area contributed by atoms with Gasteiger partial charge in [-0.2, -0.15) is 0 Å². The molecule has 1 saturated carbocycles. The fraction of sp³-hybridized carbons (Fsp3) is 0.692. The maximum absolute atomic E-state index is 11.9. The summed E-state index contributed by atoms with van der Waals surface area (Å²) in [6.45, 7) is 4.29. The average molecular weight is 254 g/mol. The van der Waals surface area contributed by atoms with Gasteiger partial charge >= 0.3 is 12.0 Å². The third-order valence-electron chi connectivity index (χ3n) is 3.39. The van der Waals surface area contributed by atoms with Gasteiger partial charge < -0.3 is 15.3 Å². The van der Waals surface area contributed by atoms with Gasteiger partial charge in [0, 0.05) is 19.6 Å². The van der Waals surface area contributed by atoms with Crippen molar-refractivity contribution in [1.82, 2.24) is 10.2 Å². The van der Waals surface area contributed by atoms with Crippen molar-refractivity contribution in [2.24, 2.45) is 5.92 Å². The lowest BCUT2D eigenvalue weighted by Crippen LogP contribution is -2.46. The Hall–Kier alpha value is -1.52. The Morgan fingerprint density at radius 1 is 1.50 bits per heavy atom. The molecule has 2 unspecified atom stereocenters. The smallest absolute Gasteiger partial charge is 0.317 e. The molecule has 0 radical (unpaired) electrons. The number of aliphatic carboxylic acids is 1. The summed E-state index contributed by atoms with van der Waals surface area (Å²) >= 11 is 0. The van der Waals surface area contributed by atoms with Gasteiger partial charge in [0.05, 0.1) is 5.92 Å². The highest BCUT2D eigenvalue weighted by Crippen LogP contribution is 2.25. The molecule has 2 atom stereocenters. The minimum atomic E-state index is -0.813. The van der Waals surface area contributed by atoms with E-state index in [1.807, 2.05) is 6.08 Å². The van der Waals surface area contributed by atoms with Crippen molar-refractivity contribution in [3.63, 3.8) is 0 Å². The molecule has 0 aliphatic heterocycles. The Balaban J connectivity index is 2.38. The van der Waals surface area contributed by atoms with E-state index in [0.717, 1.165) is 25.7 Å². The molecular weight excluding hydrogens is 232 g/mol. The van der Waals surface area contributed by atoms with Crippen molar-refractivity contribution < 1.29 is 14.7 Å². The van der Waals surface area contributed by atoms with E-state index in [9.17, 15) is 9.59 Å². The zero-order valence-corrected chi connectivity index (χ0v) is 10.9. The van der Waals surface area contributed by atoms with E-state index in [4.69, 9.17) is 5.11 Å². The van der Waals surface area contributed by atoms with Gasteiger partial charge in [0.2, 0.25) is 0 Å². The maximum atomic E-state index is 11.9. The lowest BCUT2D eigenvalue weighted by molar-refractivity contribution is -0.142. The van der Waals surface area contributed by atoms with Crippen molar-refractivity contribution in [1.29, 1.82) is 0 Å². The van der Waals surface area contributed by atoms with Gasteiger partial charge in [-0.3, -0.25) is 4.79 Å². The van der Waals surface area contributed by atoms with Gasteiger partial charge in [0.15, 0.2) is 0 Å². The zero-order chi connectivity index (χ0) is 13.5. The van der Waals surface area contributed by atoms with Crippen LogP contribution in [-0.4, -0.2) is 41.6 Å². The highest BCUT2D eigenvalue weighted by Gasteiger charge is 2.34. The molecule has 0 aromatic carbocycles. The van der Waals surface area contributed by atoms with E-state index in [-0.39, 0.29) is 12.1 Å². The molecule has 0 aromatic heterocycles. The molecule has 0 bridgehead atoms. The molecule has 2 N–H and O–H groups in total. The van der Waals surface area contributed by atoms with Gasteiger partial charge in [-0.25, -0.2) is 4.79 Å². The zero-order valence-electron chi connectivity index (χ0n) is 10.9. The summed E-state index contributed by atoms with van der Waals surface area (Å²) in [6.07, 6.45) is 5.84. The summed E-state index contributed by atoms with van der Waals surface area (Å²) in [7, 11) is 1.73. The third-order valence-corrected chi connectivity index (χ3v) is 3.39. The van der Waals surface area contributed by atoms with E-state index in [0.29, 0.717) is 13.0 Å². The largest absolute Gasteiger partial charge is 0.481 e. The number of nitrogens with one attached hydrogen (secondary N) is 1. The lowest BCUT2D eigenvalue weighted by atomic mass is 10.0. The second-order valence-corrected chi connectivity index (χ2v) is 4.78. The SMILES string of the molecule is C=CCCCN(C)C(=O)NC1CCCC1C(=O)O. The van der Waals surface area contributed by atoms with E-state index < -0.39 is 11.9 Å². The molecule has 5 nitrogen and oxygen atoms in total. The van der Waals surface area contributed by atoms with Crippen molar-refractivity contribution in [2.75, 3.05) is 13.6 Å². The number of rotatable bonds is 6. The van der Waals surface area contributed by atoms with Crippen molar-refractivity contribution >= 4 is 12.0 Å². The van der Waals surface area contributed by atoms with Crippen LogP contribution >= 0.6 is 0 Å². The summed E-state index contributed by atoms with van der Waals surface area (Å²) in [5.41, 5.74) is 0. The average Bonchev–Trinajstić information content (AvgIpc) is 2.77. The summed E-state index contributed by atoms with van der Waals surface area (Å²) < 4.78 is 0. The second-order valence-electron chi connectivity index (χ2n) is 4.78. The van der Waals surface area contributed by atoms with Gasteiger partial charge in [-0.05, 0) is 25.7 Å². The second kappa shape index (κ2) is 7.03. The Morgan fingerprint density at radius 3 is 2.83 bits per heavy atom. The number of nitrogens with zero attached hydrogens (tertiary/aromatic N) is 1. The number of amides is 2. The van der Waals surface area contributed by atoms with Crippen LogP contribution < -0.4 is 5.32 Å². The standard InChI is InChI=1S/C13H22N2O3/c1-3-4-5-9-15(2)13(18)14-11-8-6-7-10(11)12(16)17/h3,10-11H,1,4-9H2,2H3,(H,14,18)(H,16,17). The van der Waals surface area contributed by atoms with Crippen LogP contribution in [0.2, 0.25) is 0 Å². The molecule has 1 fully saturated rings. The van der Waals surface area contributed by atoms with E-state index >= 15 is 0 Å². The number of carbonyl (C=O) groups is 2. The van der Waals surface area contributed by atoms with Crippen LogP contribution in [0.15, 0.2) is 12.7 Å². The van der Waals surface area contributed by atoms with Crippen molar-refractivity contribution in [2.45, 2.75) is 38.1 Å². The minimum Gasteiger partial charge on any atom is -0.481 e. The van der Waals surface area contributed by atoms with Crippen LogP contribution in [0.1, 0.15) is 32.1 Å². The predicted octanol–water partition coefficient (Wildman–Crippen LogP) is 1.85. The highest BCUT2D eigenvalue weighted by molar-refractivity contribution is 5.77. The molecule has 1 aliphatic rings. The van der Waals surface area contributed by atoms with Crippen molar-refractivity contribution in [3.05, 3.63) is 12.7 Å². The molecule has 102 valence electrons. The fourth-order valence-electron chi connectivity index (χ4n) is 2.27. The Labute approximate surface area is 108 Å². The minimum absolute atomic E-state index is 0.183. The molecule has 2 amide bonds. The van der Waals surface area contributed by atoms with Gasteiger partial charge in [0.1, 0.15) is 0 Å². The monoisotopic (exact) mass is 254 g/mol. The van der Waals surface area contributed by atoms with E-state index in [1.54, 1.807) is 11.9 Å². The highest BCUT2D eigenvalue weighted by atomic mass is 16.4. The first-order chi connectivity index (χ1) is 8.56. The number of hydrogen-bond acceptors (Lipinski definition) is 2. The van der Waals surface area contributed by atoms with Crippen molar-refractivity contribution in [3.8, 4) is 0 Å². The van der Waals surface area contributed by atoms with Gasteiger partial charge in [0.25, 0.3) is 0 Å². The number of unbranched alkanes of at least 4 members (excludes halogenated alkanes) is 1. The predicted molar refractivity (Wildman–Crippen MR) is 69.4 cm³/mol. The molecule has 1 aliphatic carbocycles. The van der Waals surface area contributed by atoms with Crippen LogP contribution in [-0.2, 0) is 4.79 Å². The number of carboxylic acids is 1. The van der Waals surface area contributed by atoms with Crippen LogP contribution in [0.25, 0.3) is 0 Å². The number of urea groups is 1. The quantitative estimate of drug-likeness (QED) is 0.561. The maximum Gasteiger partial charge on any atom is 0.317 e. The molecule has 5 heteroatoms. The van der Waals surface area contributed by atoms with Gasteiger partial charge in [-0.15, -0.1) is 6.58 Å². The van der Waals surface area contributed by atoms with Crippen LogP contribution in [0.3, 0.4) is 0 Å². The third kappa shape index (κ3) is 4.05. The van der Waals surface area contributed by atoms with Crippen LogP contribution in [0.5, 0.6) is 0 Å². The lowest BCUT2D eigenvalue weighted by Gasteiger charge is -2.23. The van der Waals surface area contributed by atoms with E-state index in [2.05, 4.69) is 11.9 Å². The first-order valence-electron chi connectivity index (χ1n) is 6.41. The molecule has 0 spiro atoms. The Bertz CT molecular complexity index is 317. The number of carboxylic acid groups (broad SMARTS) is 1. The first kappa shape index (κ1) is 14.5. The first-order valence-corrected chi connectivity index (χ1v) is 6.41. The Kier molecular flexibility index (Phi) is 5.68. The summed E-state index contributed by atoms with van der Waals surface area (Å²) in [4.78, 5) is 24.5. The fourth-order valence-corrected chi connectivity index (χ4v) is 2.27. The summed E-state index contributed by atoms with van der Waals surface area (Å²) in [5.74, 6) is -1.25. The van der Waals surface area contributed by atoms with Crippen LogP contribution in [0, 0.1) is 5.92 Å². The number of allylic oxidation sites excluding steroid dienone is 1. The molecular formula is C13H22N2O3. The van der Waals surface area contributed by atoms with Crippen LogP contribution in [0.4, 0.5) is 4.79 Å². The molecule has 0 saturated heterocycles. The van der Waals surface area contributed by atoms with E-state index in [1.165, 1.54) is 0 Å². The van der Waals surface area contributed by atoms with Gasteiger partial charge in [-0.1, -0.05) is 12.5 Å². The molecule has 0 heterocycles. The summed E-state index contributed by atoms with van der Waals surface area (Å²) in [6, 6.07) is -0.408. The molecule has 18 heavy (non-hydrogen) atoms. The number of hydrogen-bond donors (Lipinski definition) is 2. The number of carbonyl (C=O) groups excluding carboxylic acids is 1. The Morgan fingerprint density at radius 2 is 2.22 bits per heavy atom. The summed E-state index contributed by atoms with van der Waals surface area (Å²) in [5, 5.41) is 11.8. The molecule has 0 aromatic rings. The molecule has 1 rings (SSSR count).